The van der Waals surface area contributed by atoms with Gasteiger partial charge in [-0.05, 0) is 99.5 Å². The fraction of sp³-hybridized carbons (Fsp3) is 0.136. The molecule has 0 spiro atoms. The maximum absolute atomic E-state index is 13.5. The predicted octanol–water partition coefficient (Wildman–Crippen LogP) is 10.1. The molecule has 0 amide bonds. The molecule has 15 heteroatoms. The van der Waals surface area contributed by atoms with Gasteiger partial charge in [0, 0.05) is 79.1 Å². The van der Waals surface area contributed by atoms with Crippen molar-refractivity contribution < 1.29 is 25.3 Å². The average molecular weight is 868 g/mol. The second kappa shape index (κ2) is 19.1. The molecule has 4 aromatic heterocycles. The van der Waals surface area contributed by atoms with Gasteiger partial charge in [0.25, 0.3) is 0 Å². The molecule has 0 bridgehead atoms. The molecule has 0 aliphatic carbocycles. The fourth-order valence-electron chi connectivity index (χ4n) is 6.93. The minimum atomic E-state index is -0.251. The van der Waals surface area contributed by atoms with E-state index < -0.39 is 0 Å². The number of aromatic nitrogens is 8. The van der Waals surface area contributed by atoms with Crippen molar-refractivity contribution in [2.24, 2.45) is 10.2 Å². The minimum absolute atomic E-state index is 0. The Morgan fingerprint density at radius 1 is 0.559 bits per heavy atom. The zero-order chi connectivity index (χ0) is 40.8. The summed E-state index contributed by atoms with van der Waals surface area (Å²) < 4.78 is 34.4. The maximum atomic E-state index is 13.5. The Bertz CT molecular complexity index is 2600. The van der Waals surface area contributed by atoms with Gasteiger partial charge in [-0.15, -0.1) is 10.2 Å². The summed E-state index contributed by atoms with van der Waals surface area (Å²) in [4.78, 5) is 0. The van der Waals surface area contributed by atoms with Crippen molar-refractivity contribution in [2.45, 2.75) is 50.1 Å². The summed E-state index contributed by atoms with van der Waals surface area (Å²) in [5, 5.41) is 26.2. The van der Waals surface area contributed by atoms with Crippen molar-refractivity contribution in [3.05, 3.63) is 145 Å². The number of halogens is 2. The number of hydrogen-bond donors (Lipinski definition) is 0. The largest absolute Gasteiger partial charge is 2.00 e. The molecule has 4 heterocycles. The first-order valence-corrected chi connectivity index (χ1v) is 19.3. The zero-order valence-electron chi connectivity index (χ0n) is 32.4. The Labute approximate surface area is 361 Å². The monoisotopic (exact) mass is 866 g/mol. The molecule has 4 aromatic carbocycles. The van der Waals surface area contributed by atoms with Gasteiger partial charge in [-0.3, -0.25) is 0 Å². The summed E-state index contributed by atoms with van der Waals surface area (Å²) in [6, 6.07) is 30.2. The Morgan fingerprint density at radius 2 is 0.932 bits per heavy atom. The van der Waals surface area contributed by atoms with E-state index in [-0.39, 0.29) is 40.2 Å². The number of fused-ring (bicyclic) bond motifs is 2. The van der Waals surface area contributed by atoms with E-state index >= 15 is 0 Å². The normalized spacial score (nSPS) is 11.9. The molecule has 8 aromatic rings. The van der Waals surface area contributed by atoms with Crippen LogP contribution in [0.2, 0.25) is 0 Å². The van der Waals surface area contributed by atoms with Gasteiger partial charge >= 0.3 is 16.5 Å². The molecule has 10 nitrogen and oxygen atoms in total. The van der Waals surface area contributed by atoms with E-state index in [9.17, 15) is 8.78 Å². The van der Waals surface area contributed by atoms with E-state index in [1.54, 1.807) is 12.4 Å². The molecule has 0 atom stereocenters. The van der Waals surface area contributed by atoms with Crippen LogP contribution < -0.4 is 0 Å². The molecule has 0 radical (unpaired) electrons. The van der Waals surface area contributed by atoms with Gasteiger partial charge in [0.15, 0.2) is 0 Å². The van der Waals surface area contributed by atoms with E-state index in [0.29, 0.717) is 10.3 Å². The number of para-hydroxylation sites is 2. The number of benzene rings is 4. The molecule has 0 saturated heterocycles. The van der Waals surface area contributed by atoms with Crippen LogP contribution in [0.1, 0.15) is 51.2 Å². The van der Waals surface area contributed by atoms with Crippen molar-refractivity contribution in [3.8, 4) is 22.3 Å². The van der Waals surface area contributed by atoms with Crippen LogP contribution in [0.3, 0.4) is 0 Å². The van der Waals surface area contributed by atoms with Gasteiger partial charge in [-0.2, -0.15) is 20.4 Å². The van der Waals surface area contributed by atoms with Crippen molar-refractivity contribution in [3.63, 3.8) is 0 Å². The molecule has 0 aliphatic rings. The molecule has 0 saturated carbocycles. The van der Waals surface area contributed by atoms with Crippen LogP contribution in [0.5, 0.6) is 0 Å². The standard InChI is InChI=1S/2C22H20FN5S.Ni/c2*1-15(2)28-19-7-4-3-6-18(19)21(16-9-11-17(23)12-10-16)20(28)8-5-13-25-27-14-24-26-22(27)29;/h2*3-15H,1-2H3,(H,26,29);/q;;+2/p-2/b2*8-5+,25-13?;. The first-order chi connectivity index (χ1) is 28.1. The topological polar surface area (TPSA) is 96.0 Å². The number of hydrogen-bond acceptors (Lipinski definition) is 8. The van der Waals surface area contributed by atoms with Crippen molar-refractivity contribution in [1.82, 2.24) is 38.9 Å². The minimum Gasteiger partial charge on any atom is -0.738 e. The van der Waals surface area contributed by atoms with Crippen LogP contribution in [0, 0.1) is 11.6 Å². The number of nitrogens with zero attached hydrogens (tertiary/aromatic N) is 10. The number of allylic oxidation sites excluding steroid dienone is 2. The van der Waals surface area contributed by atoms with Crippen molar-refractivity contribution in [2.75, 3.05) is 0 Å². The number of rotatable bonds is 10. The average Bonchev–Trinajstić information content (AvgIpc) is 3.99. The molecule has 0 aliphatic heterocycles. The van der Waals surface area contributed by atoms with Crippen LogP contribution in [0.25, 0.3) is 56.2 Å². The zero-order valence-corrected chi connectivity index (χ0v) is 35.0. The Morgan fingerprint density at radius 3 is 1.27 bits per heavy atom. The van der Waals surface area contributed by atoms with E-state index in [1.165, 1.54) is 46.3 Å². The molecule has 0 unspecified atom stereocenters. The predicted molar refractivity (Wildman–Crippen MR) is 233 cm³/mol. The summed E-state index contributed by atoms with van der Waals surface area (Å²) in [6.07, 6.45) is 13.9. The van der Waals surface area contributed by atoms with Crippen LogP contribution >= 0.6 is 0 Å². The summed E-state index contributed by atoms with van der Waals surface area (Å²) >= 11 is 10.1. The van der Waals surface area contributed by atoms with Crippen LogP contribution in [-0.2, 0) is 41.7 Å². The molecule has 0 N–H and O–H groups in total. The van der Waals surface area contributed by atoms with Crippen LogP contribution in [0.15, 0.2) is 142 Å². The Balaban J connectivity index is 0.000000195. The SMILES string of the molecule is CC(C)n1c(/C=C/C=Nn2cnnc2[S-])c(-c2ccc(F)cc2)c2ccccc21.CC(C)n1c(/C=C/C=Nn2cnnc2[S-])c(-c2ccc(F)cc2)c2ccccc21.[Ni+2]. The molecule has 59 heavy (non-hydrogen) atoms. The van der Waals surface area contributed by atoms with E-state index in [1.807, 2.05) is 72.8 Å². The Hall–Kier alpha value is -6.15. The fourth-order valence-corrected chi connectivity index (χ4v) is 7.22. The summed E-state index contributed by atoms with van der Waals surface area (Å²) in [5.41, 5.74) is 8.37. The summed E-state index contributed by atoms with van der Waals surface area (Å²) in [6.45, 7) is 8.58. The van der Waals surface area contributed by atoms with Gasteiger partial charge in [0.2, 0.25) is 0 Å². The van der Waals surface area contributed by atoms with Gasteiger partial charge in [0.05, 0.1) is 0 Å². The summed E-state index contributed by atoms with van der Waals surface area (Å²) in [5.74, 6) is -0.501. The second-order valence-corrected chi connectivity index (χ2v) is 14.4. The molecule has 300 valence electrons. The van der Waals surface area contributed by atoms with Gasteiger partial charge in [-0.25, -0.2) is 18.1 Å². The second-order valence-electron chi connectivity index (χ2n) is 13.7. The third-order valence-corrected chi connectivity index (χ3v) is 9.80. The maximum Gasteiger partial charge on any atom is 2.00 e. The van der Waals surface area contributed by atoms with Crippen LogP contribution in [0.4, 0.5) is 8.78 Å². The molecular formula is C44H38F2N10NiS2. The smallest absolute Gasteiger partial charge is 0.738 e. The van der Waals surface area contributed by atoms with Gasteiger partial charge in [0.1, 0.15) is 24.3 Å². The van der Waals surface area contributed by atoms with E-state index in [2.05, 4.69) is 91.7 Å². The Kier molecular flexibility index (Phi) is 13.7. The van der Waals surface area contributed by atoms with E-state index in [0.717, 1.165) is 55.4 Å². The van der Waals surface area contributed by atoms with Crippen LogP contribution in [-0.4, -0.2) is 51.3 Å². The van der Waals surface area contributed by atoms with Gasteiger partial charge < -0.3 is 34.4 Å². The third-order valence-electron chi connectivity index (χ3n) is 9.26. The first kappa shape index (κ1) is 42.5. The first-order valence-electron chi connectivity index (χ1n) is 18.5. The molecular weight excluding hydrogens is 829 g/mol. The molecule has 0 fully saturated rings. The molecule has 8 rings (SSSR count). The third kappa shape index (κ3) is 9.28. The quantitative estimate of drug-likeness (QED) is 0.0772. The van der Waals surface area contributed by atoms with Gasteiger partial charge in [-0.1, -0.05) is 60.7 Å². The van der Waals surface area contributed by atoms with E-state index in [4.69, 9.17) is 25.3 Å². The van der Waals surface area contributed by atoms with Crippen molar-refractivity contribution in [1.29, 1.82) is 0 Å². The van der Waals surface area contributed by atoms with Crippen molar-refractivity contribution >= 4 is 71.6 Å². The summed E-state index contributed by atoms with van der Waals surface area (Å²) in [7, 11) is 0.